The predicted molar refractivity (Wildman–Crippen MR) is 132 cm³/mol. The van der Waals surface area contributed by atoms with Gasteiger partial charge in [-0.1, -0.05) is 11.6 Å². The second-order valence-electron chi connectivity index (χ2n) is 8.49. The van der Waals surface area contributed by atoms with Gasteiger partial charge in [0.15, 0.2) is 11.9 Å². The smallest absolute Gasteiger partial charge is 0.325 e. The van der Waals surface area contributed by atoms with E-state index >= 15 is 0 Å². The van der Waals surface area contributed by atoms with Crippen molar-refractivity contribution in [3.63, 3.8) is 0 Å². The van der Waals surface area contributed by atoms with Gasteiger partial charge in [-0.2, -0.15) is 0 Å². The Bertz CT molecular complexity index is 1190. The molecule has 1 aliphatic heterocycles. The molecule has 12 heteroatoms. The normalized spacial score (nSPS) is 17.5. The molecule has 0 aliphatic carbocycles. The van der Waals surface area contributed by atoms with Gasteiger partial charge in [-0.05, 0) is 57.2 Å². The van der Waals surface area contributed by atoms with E-state index in [1.807, 2.05) is 0 Å². The van der Waals surface area contributed by atoms with Crippen LogP contribution >= 0.6 is 24.0 Å². The van der Waals surface area contributed by atoms with Gasteiger partial charge in [-0.15, -0.1) is 12.4 Å². The number of carbonyl (C=O) groups excluding carboxylic acids is 4. The number of benzene rings is 2. The van der Waals surface area contributed by atoms with Gasteiger partial charge < -0.3 is 25.8 Å². The van der Waals surface area contributed by atoms with Crippen LogP contribution in [0.15, 0.2) is 36.4 Å². The van der Waals surface area contributed by atoms with Gasteiger partial charge in [0.2, 0.25) is 5.91 Å². The maximum absolute atomic E-state index is 13.6. The molecule has 1 heterocycles. The van der Waals surface area contributed by atoms with Crippen molar-refractivity contribution in [1.82, 2.24) is 10.6 Å². The number of hydrogen-bond donors (Lipinski definition) is 3. The Morgan fingerprint density at radius 3 is 2.42 bits per heavy atom. The van der Waals surface area contributed by atoms with E-state index in [1.54, 1.807) is 32.0 Å². The minimum Gasteiger partial charge on any atom is -0.484 e. The van der Waals surface area contributed by atoms with Crippen LogP contribution in [0.4, 0.5) is 4.39 Å². The van der Waals surface area contributed by atoms with Crippen molar-refractivity contribution in [3.8, 4) is 5.75 Å². The van der Waals surface area contributed by atoms with Gasteiger partial charge in [-0.25, -0.2) is 4.39 Å². The molecular formula is C24H26Cl2FN3O6. The van der Waals surface area contributed by atoms with Crippen molar-refractivity contribution in [1.29, 1.82) is 0 Å². The molecule has 2 atom stereocenters. The third kappa shape index (κ3) is 6.51. The number of ether oxygens (including phenoxy) is 2. The van der Waals surface area contributed by atoms with Crippen molar-refractivity contribution in [2.45, 2.75) is 38.5 Å². The molecule has 3 rings (SSSR count). The van der Waals surface area contributed by atoms with E-state index in [-0.39, 0.29) is 35.3 Å². The summed E-state index contributed by atoms with van der Waals surface area (Å²) in [5.41, 5.74) is 4.95. The first kappa shape index (κ1) is 29.0. The van der Waals surface area contributed by atoms with Crippen molar-refractivity contribution >= 4 is 47.6 Å². The maximum atomic E-state index is 13.6. The third-order valence-corrected chi connectivity index (χ3v) is 5.74. The molecule has 9 nitrogen and oxygen atoms in total. The standard InChI is InChI=1S/C24H25ClFN3O6.ClH/c1-12(30)13-5-7-18-15(8-13)21(29-23(33)14-4-6-17(26)16(25)9-14)22(24(2,3)35-18)34-20(32)11-28-19(31)10-27;/h4-9,21-22H,10-11,27H2,1-3H3,(H,28,31)(H,29,33);1H/t21-,22+;/m1./s1. The number of Topliss-reactive ketones (excluding diaryl/α,β-unsaturated/α-hetero) is 1. The number of hydrogen-bond acceptors (Lipinski definition) is 7. The summed E-state index contributed by atoms with van der Waals surface area (Å²) in [4.78, 5) is 49.0. The summed E-state index contributed by atoms with van der Waals surface area (Å²) in [5, 5.41) is 4.89. The van der Waals surface area contributed by atoms with Gasteiger partial charge in [-0.3, -0.25) is 19.2 Å². The van der Waals surface area contributed by atoms with Crippen LogP contribution in [0, 0.1) is 5.82 Å². The highest BCUT2D eigenvalue weighted by atomic mass is 35.5. The lowest BCUT2D eigenvalue weighted by atomic mass is 9.85. The van der Waals surface area contributed by atoms with E-state index in [4.69, 9.17) is 26.8 Å². The largest absolute Gasteiger partial charge is 0.484 e. The Balaban J connectivity index is 0.00000456. The van der Waals surface area contributed by atoms with Gasteiger partial charge in [0, 0.05) is 16.7 Å². The molecule has 2 aromatic carbocycles. The zero-order valence-corrected chi connectivity index (χ0v) is 21.3. The maximum Gasteiger partial charge on any atom is 0.325 e. The van der Waals surface area contributed by atoms with Gasteiger partial charge in [0.05, 0.1) is 17.6 Å². The van der Waals surface area contributed by atoms with E-state index in [1.165, 1.54) is 19.1 Å². The zero-order chi connectivity index (χ0) is 25.9. The minimum atomic E-state index is -1.13. The average Bonchev–Trinajstić information content (AvgIpc) is 2.80. The van der Waals surface area contributed by atoms with Gasteiger partial charge in [0.25, 0.3) is 5.91 Å². The molecule has 4 N–H and O–H groups in total. The zero-order valence-electron chi connectivity index (χ0n) is 19.7. The highest BCUT2D eigenvalue weighted by Crippen LogP contribution is 2.42. The molecule has 1 aliphatic rings. The van der Waals surface area contributed by atoms with E-state index < -0.39 is 47.9 Å². The van der Waals surface area contributed by atoms with Crippen LogP contribution in [0.5, 0.6) is 5.75 Å². The fraction of sp³-hybridized carbons (Fsp3) is 0.333. The Morgan fingerprint density at radius 1 is 1.14 bits per heavy atom. The summed E-state index contributed by atoms with van der Waals surface area (Å²) in [6.07, 6.45) is -1.07. The third-order valence-electron chi connectivity index (χ3n) is 5.45. The number of esters is 1. The lowest BCUT2D eigenvalue weighted by molar-refractivity contribution is -0.164. The molecule has 0 saturated carbocycles. The number of rotatable bonds is 7. The lowest BCUT2D eigenvalue weighted by Crippen LogP contribution is -2.56. The summed E-state index contributed by atoms with van der Waals surface area (Å²) in [7, 11) is 0. The monoisotopic (exact) mass is 541 g/mol. The highest BCUT2D eigenvalue weighted by molar-refractivity contribution is 6.31. The molecule has 2 aromatic rings. The highest BCUT2D eigenvalue weighted by Gasteiger charge is 2.47. The first-order chi connectivity index (χ1) is 16.4. The number of carbonyl (C=O) groups is 4. The second kappa shape index (κ2) is 11.7. The number of ketones is 1. The summed E-state index contributed by atoms with van der Waals surface area (Å²) >= 11 is 5.83. The van der Waals surface area contributed by atoms with Crippen LogP contribution in [0.2, 0.25) is 5.02 Å². The molecule has 0 saturated heterocycles. The van der Waals surface area contributed by atoms with Crippen LogP contribution in [-0.2, 0) is 14.3 Å². The van der Waals surface area contributed by atoms with E-state index in [9.17, 15) is 23.6 Å². The number of fused-ring (bicyclic) bond motifs is 1. The van der Waals surface area contributed by atoms with E-state index in [2.05, 4.69) is 10.6 Å². The van der Waals surface area contributed by atoms with Crippen LogP contribution in [0.25, 0.3) is 0 Å². The van der Waals surface area contributed by atoms with Gasteiger partial charge >= 0.3 is 5.97 Å². The molecule has 0 aromatic heterocycles. The van der Waals surface area contributed by atoms with E-state index in [0.717, 1.165) is 6.07 Å². The topological polar surface area (TPSA) is 137 Å². The number of nitrogens with two attached hydrogens (primary N) is 1. The van der Waals surface area contributed by atoms with E-state index in [0.29, 0.717) is 16.9 Å². The van der Waals surface area contributed by atoms with Crippen molar-refractivity contribution in [3.05, 3.63) is 63.9 Å². The predicted octanol–water partition coefficient (Wildman–Crippen LogP) is 2.73. The van der Waals surface area contributed by atoms with Crippen LogP contribution in [0.1, 0.15) is 53.1 Å². The summed E-state index contributed by atoms with van der Waals surface area (Å²) in [6, 6.07) is 7.27. The lowest BCUT2D eigenvalue weighted by Gasteiger charge is -2.44. The molecule has 0 radical (unpaired) electrons. The number of nitrogens with one attached hydrogen (secondary N) is 2. The van der Waals surface area contributed by atoms with Crippen molar-refractivity contribution in [2.75, 3.05) is 13.1 Å². The van der Waals surface area contributed by atoms with Crippen LogP contribution in [-0.4, -0.2) is 48.4 Å². The Morgan fingerprint density at radius 2 is 1.81 bits per heavy atom. The molecule has 0 bridgehead atoms. The molecule has 194 valence electrons. The summed E-state index contributed by atoms with van der Waals surface area (Å²) in [6.45, 7) is 3.97. The molecule has 2 amide bonds. The SMILES string of the molecule is CC(=O)c1ccc2c(c1)[C@@H](NC(=O)c1ccc(F)c(Cl)c1)[C@H](OC(=O)CNC(=O)CN)C(C)(C)O2.Cl. The Labute approximate surface area is 218 Å². The fourth-order valence-corrected chi connectivity index (χ4v) is 3.84. The summed E-state index contributed by atoms with van der Waals surface area (Å²) in [5.74, 6) is -2.47. The van der Waals surface area contributed by atoms with Gasteiger partial charge in [0.1, 0.15) is 23.7 Å². The molecular weight excluding hydrogens is 516 g/mol. The molecule has 0 fully saturated rings. The fourth-order valence-electron chi connectivity index (χ4n) is 3.66. The quantitative estimate of drug-likeness (QED) is 0.362. The molecule has 36 heavy (non-hydrogen) atoms. The second-order valence-corrected chi connectivity index (χ2v) is 8.89. The molecule has 0 spiro atoms. The van der Waals surface area contributed by atoms with Crippen LogP contribution in [0.3, 0.4) is 0 Å². The number of amides is 2. The Kier molecular flexibility index (Phi) is 9.42. The summed E-state index contributed by atoms with van der Waals surface area (Å²) < 4.78 is 25.3. The van der Waals surface area contributed by atoms with Crippen molar-refractivity contribution < 1.29 is 33.0 Å². The van der Waals surface area contributed by atoms with Crippen LogP contribution < -0.4 is 21.1 Å². The molecule has 0 unspecified atom stereocenters. The number of halogens is 3. The van der Waals surface area contributed by atoms with Crippen molar-refractivity contribution in [2.24, 2.45) is 5.73 Å². The first-order valence-electron chi connectivity index (χ1n) is 10.7. The first-order valence-corrected chi connectivity index (χ1v) is 11.1. The minimum absolute atomic E-state index is 0. The Hall–Kier alpha value is -3.21. The average molecular weight is 542 g/mol.